The van der Waals surface area contributed by atoms with Gasteiger partial charge in [0.2, 0.25) is 5.91 Å². The minimum absolute atomic E-state index is 0.109. The Morgan fingerprint density at radius 1 is 0.951 bits per heavy atom. The second-order valence-corrected chi connectivity index (χ2v) is 10.4. The van der Waals surface area contributed by atoms with Gasteiger partial charge < -0.3 is 24.6 Å². The molecule has 9 heteroatoms. The number of methoxy groups -OCH3 is 1. The summed E-state index contributed by atoms with van der Waals surface area (Å²) < 4.78 is 11.0. The van der Waals surface area contributed by atoms with Gasteiger partial charge in [-0.2, -0.15) is 0 Å². The van der Waals surface area contributed by atoms with Gasteiger partial charge in [0.1, 0.15) is 5.75 Å². The normalized spacial score (nSPS) is 19.1. The molecule has 2 atom stereocenters. The van der Waals surface area contributed by atoms with Crippen LogP contribution in [-0.2, 0) is 16.1 Å². The number of rotatable bonds is 8. The fourth-order valence-corrected chi connectivity index (χ4v) is 5.34. The number of cyclic esters (lactones) is 1. The van der Waals surface area contributed by atoms with Crippen molar-refractivity contribution in [1.82, 2.24) is 14.7 Å². The van der Waals surface area contributed by atoms with Crippen molar-refractivity contribution in [3.63, 3.8) is 0 Å². The third-order valence-corrected chi connectivity index (χ3v) is 7.92. The van der Waals surface area contributed by atoms with E-state index in [4.69, 9.17) is 9.47 Å². The standard InChI is InChI=1S/C32H36N4O5/c1-4-34-17-19-35(20-18-34)31(38)28-29(41-32(39)36(28)21-25-8-6-5-7-22(25)2)23-9-13-26(14-10-23)33-30(37)24-11-15-27(40-3)16-12-24/h5-16,28-29H,4,17-21H2,1-3H3,(H,33,37)/t28-,29+/m1/s1. The van der Waals surface area contributed by atoms with Gasteiger partial charge in [0.15, 0.2) is 12.1 Å². The minimum Gasteiger partial charge on any atom is -0.497 e. The van der Waals surface area contributed by atoms with Crippen molar-refractivity contribution in [3.05, 3.63) is 95.1 Å². The summed E-state index contributed by atoms with van der Waals surface area (Å²) in [6, 6.07) is 21.0. The lowest BCUT2D eigenvalue weighted by molar-refractivity contribution is -0.138. The Hall–Kier alpha value is -4.37. The van der Waals surface area contributed by atoms with Gasteiger partial charge in [-0.3, -0.25) is 14.5 Å². The molecule has 2 saturated heterocycles. The third-order valence-electron chi connectivity index (χ3n) is 7.92. The molecule has 0 radical (unpaired) electrons. The maximum atomic E-state index is 14.0. The summed E-state index contributed by atoms with van der Waals surface area (Å²) in [4.78, 5) is 45.7. The number of hydrogen-bond donors (Lipinski definition) is 1. The molecule has 9 nitrogen and oxygen atoms in total. The molecule has 3 amide bonds. The highest BCUT2D eigenvalue weighted by molar-refractivity contribution is 6.04. The van der Waals surface area contributed by atoms with E-state index in [1.165, 1.54) is 0 Å². The van der Waals surface area contributed by atoms with E-state index in [2.05, 4.69) is 17.1 Å². The second-order valence-electron chi connectivity index (χ2n) is 10.4. The van der Waals surface area contributed by atoms with Gasteiger partial charge in [-0.1, -0.05) is 43.3 Å². The number of nitrogens with one attached hydrogen (secondary N) is 1. The van der Waals surface area contributed by atoms with E-state index < -0.39 is 18.2 Å². The number of piperazine rings is 1. The van der Waals surface area contributed by atoms with Crippen LogP contribution in [0.1, 0.15) is 40.1 Å². The molecular weight excluding hydrogens is 520 g/mol. The second kappa shape index (κ2) is 12.4. The molecule has 0 aromatic heterocycles. The summed E-state index contributed by atoms with van der Waals surface area (Å²) >= 11 is 0. The Bertz CT molecular complexity index is 1380. The van der Waals surface area contributed by atoms with E-state index in [-0.39, 0.29) is 18.4 Å². The molecule has 0 aliphatic carbocycles. The lowest BCUT2D eigenvalue weighted by Gasteiger charge is -2.37. The minimum atomic E-state index is -0.796. The summed E-state index contributed by atoms with van der Waals surface area (Å²) in [6.07, 6.45) is -1.28. The lowest BCUT2D eigenvalue weighted by Crippen LogP contribution is -2.54. The maximum Gasteiger partial charge on any atom is 0.411 e. The largest absolute Gasteiger partial charge is 0.497 e. The van der Waals surface area contributed by atoms with Gasteiger partial charge in [-0.05, 0) is 66.6 Å². The van der Waals surface area contributed by atoms with E-state index in [0.29, 0.717) is 35.7 Å². The Morgan fingerprint density at radius 2 is 1.63 bits per heavy atom. The van der Waals surface area contributed by atoms with Crippen molar-refractivity contribution in [3.8, 4) is 5.75 Å². The number of nitrogens with zero attached hydrogens (tertiary/aromatic N) is 3. The van der Waals surface area contributed by atoms with Crippen LogP contribution in [0.2, 0.25) is 0 Å². The van der Waals surface area contributed by atoms with Crippen LogP contribution in [0.25, 0.3) is 0 Å². The molecular formula is C32H36N4O5. The van der Waals surface area contributed by atoms with Crippen LogP contribution in [0.4, 0.5) is 10.5 Å². The number of amides is 3. The highest BCUT2D eigenvalue weighted by atomic mass is 16.6. The Morgan fingerprint density at radius 3 is 2.27 bits per heavy atom. The summed E-state index contributed by atoms with van der Waals surface area (Å²) in [6.45, 7) is 8.15. The summed E-state index contributed by atoms with van der Waals surface area (Å²) in [5.74, 6) is 0.309. The van der Waals surface area contributed by atoms with Crippen LogP contribution in [-0.4, -0.2) is 78.5 Å². The molecule has 2 heterocycles. The number of anilines is 1. The molecule has 2 aliphatic rings. The fourth-order valence-electron chi connectivity index (χ4n) is 5.34. The van der Waals surface area contributed by atoms with Crippen molar-refractivity contribution in [1.29, 1.82) is 0 Å². The van der Waals surface area contributed by atoms with Crippen LogP contribution < -0.4 is 10.1 Å². The van der Waals surface area contributed by atoms with Gasteiger partial charge in [0.05, 0.1) is 13.7 Å². The maximum absolute atomic E-state index is 14.0. The lowest BCUT2D eigenvalue weighted by atomic mass is 9.99. The molecule has 3 aromatic carbocycles. The van der Waals surface area contributed by atoms with Crippen LogP contribution in [0.3, 0.4) is 0 Å². The van der Waals surface area contributed by atoms with Crippen molar-refractivity contribution >= 4 is 23.6 Å². The van der Waals surface area contributed by atoms with Crippen molar-refractivity contribution < 1.29 is 23.9 Å². The smallest absolute Gasteiger partial charge is 0.411 e. The van der Waals surface area contributed by atoms with Gasteiger partial charge >= 0.3 is 6.09 Å². The van der Waals surface area contributed by atoms with Crippen LogP contribution >= 0.6 is 0 Å². The van der Waals surface area contributed by atoms with Crippen LogP contribution in [0.5, 0.6) is 5.75 Å². The first-order valence-corrected chi connectivity index (χ1v) is 14.0. The third kappa shape index (κ3) is 6.20. The summed E-state index contributed by atoms with van der Waals surface area (Å²) in [5.41, 5.74) is 3.80. The number of benzene rings is 3. The molecule has 0 unspecified atom stereocenters. The van der Waals surface area contributed by atoms with E-state index >= 15 is 0 Å². The quantitative estimate of drug-likeness (QED) is 0.440. The molecule has 41 heavy (non-hydrogen) atoms. The average Bonchev–Trinajstić information content (AvgIpc) is 3.33. The van der Waals surface area contributed by atoms with E-state index in [0.717, 1.165) is 30.8 Å². The topological polar surface area (TPSA) is 91.4 Å². The highest BCUT2D eigenvalue weighted by Crippen LogP contribution is 2.36. The molecule has 0 spiro atoms. The monoisotopic (exact) mass is 556 g/mol. The average molecular weight is 557 g/mol. The van der Waals surface area contributed by atoms with Gasteiger partial charge in [0, 0.05) is 37.4 Å². The van der Waals surface area contributed by atoms with Crippen LogP contribution in [0.15, 0.2) is 72.8 Å². The van der Waals surface area contributed by atoms with Gasteiger partial charge in [-0.15, -0.1) is 0 Å². The number of likely N-dealkylation sites (N-methyl/N-ethyl adjacent to an activating group) is 1. The number of carbonyl (C=O) groups is 3. The zero-order valence-electron chi connectivity index (χ0n) is 23.7. The predicted molar refractivity (Wildman–Crippen MR) is 156 cm³/mol. The van der Waals surface area contributed by atoms with E-state index in [9.17, 15) is 14.4 Å². The molecule has 3 aromatic rings. The van der Waals surface area contributed by atoms with E-state index in [1.807, 2.05) is 36.1 Å². The first-order valence-electron chi connectivity index (χ1n) is 14.0. The Balaban J connectivity index is 1.37. The molecule has 5 rings (SSSR count). The molecule has 2 fully saturated rings. The first-order chi connectivity index (χ1) is 19.9. The number of carbonyl (C=O) groups excluding carboxylic acids is 3. The fraction of sp³-hybridized carbons (Fsp3) is 0.344. The Kier molecular flexibility index (Phi) is 8.54. The zero-order chi connectivity index (χ0) is 28.9. The molecule has 0 bridgehead atoms. The molecule has 1 N–H and O–H groups in total. The van der Waals surface area contributed by atoms with Gasteiger partial charge in [-0.25, -0.2) is 4.79 Å². The number of hydrogen-bond acceptors (Lipinski definition) is 6. The van der Waals surface area contributed by atoms with Crippen LogP contribution in [0, 0.1) is 6.92 Å². The molecule has 2 aliphatic heterocycles. The van der Waals surface area contributed by atoms with Crippen molar-refractivity contribution in [2.24, 2.45) is 0 Å². The number of aryl methyl sites for hydroxylation is 1. The summed E-state index contributed by atoms with van der Waals surface area (Å²) in [5, 5.41) is 2.89. The number of ether oxygens (including phenoxy) is 2. The molecule has 0 saturated carbocycles. The zero-order valence-corrected chi connectivity index (χ0v) is 23.7. The van der Waals surface area contributed by atoms with Gasteiger partial charge in [0.25, 0.3) is 5.91 Å². The SMILES string of the molecule is CCN1CCN(C(=O)[C@H]2[C@H](c3ccc(NC(=O)c4ccc(OC)cc4)cc3)OC(=O)N2Cc2ccccc2C)CC1. The molecule has 214 valence electrons. The van der Waals surface area contributed by atoms with E-state index in [1.54, 1.807) is 60.5 Å². The Labute approximate surface area is 240 Å². The predicted octanol–water partition coefficient (Wildman–Crippen LogP) is 4.48. The first kappa shape index (κ1) is 28.2. The van der Waals surface area contributed by atoms with Crippen molar-refractivity contribution in [2.75, 3.05) is 45.2 Å². The summed E-state index contributed by atoms with van der Waals surface area (Å²) in [7, 11) is 1.57. The highest BCUT2D eigenvalue weighted by Gasteiger charge is 2.48. The van der Waals surface area contributed by atoms with Crippen molar-refractivity contribution in [2.45, 2.75) is 32.5 Å².